The van der Waals surface area contributed by atoms with E-state index in [1.807, 2.05) is 26.2 Å². The van der Waals surface area contributed by atoms with Crippen molar-refractivity contribution in [2.45, 2.75) is 26.4 Å². The number of carbonyl (C=O) groups excluding carboxylic acids is 1. The van der Waals surface area contributed by atoms with Gasteiger partial charge < -0.3 is 14.5 Å². The Balaban J connectivity index is 1.87. The molecule has 102 valence electrons. The Hall–Kier alpha value is -1.24. The number of piperazine rings is 1. The van der Waals surface area contributed by atoms with Crippen LogP contribution in [0.15, 0.2) is 5.38 Å². The number of carbonyl (C=O) groups is 1. The fraction of sp³-hybridized carbons (Fsp3) is 0.667. The summed E-state index contributed by atoms with van der Waals surface area (Å²) in [6, 6.07) is 0. The third-order valence-electron chi connectivity index (χ3n) is 2.71. The van der Waals surface area contributed by atoms with Crippen molar-refractivity contribution in [2.75, 3.05) is 31.1 Å². The van der Waals surface area contributed by atoms with Gasteiger partial charge in [0.2, 0.25) is 0 Å². The number of hydrogen-bond donors (Lipinski definition) is 0. The molecule has 7 heteroatoms. The Morgan fingerprint density at radius 1 is 1.37 bits per heavy atom. The number of ether oxygens (including phenoxy) is 1. The largest absolute Gasteiger partial charge is 0.444 e. The van der Waals surface area contributed by atoms with Gasteiger partial charge in [-0.05, 0) is 20.8 Å². The van der Waals surface area contributed by atoms with Crippen LogP contribution in [-0.4, -0.2) is 55.6 Å². The standard InChI is InChI=1S/C12H18BN3O2S/c1-12(2,3)18-11(17)16-6-4-15(5-7-16)10-14-9(13)8-19-10/h8H,4-7H2,1-3H3. The first kappa shape index (κ1) is 14.2. The number of aromatic nitrogens is 1. The van der Waals surface area contributed by atoms with E-state index >= 15 is 0 Å². The first-order valence-corrected chi connectivity index (χ1v) is 7.17. The van der Waals surface area contributed by atoms with Gasteiger partial charge in [-0.15, -0.1) is 11.3 Å². The minimum atomic E-state index is -0.446. The van der Waals surface area contributed by atoms with Crippen LogP contribution in [0.3, 0.4) is 0 Å². The Labute approximate surface area is 119 Å². The van der Waals surface area contributed by atoms with Crippen LogP contribution in [0.5, 0.6) is 0 Å². The molecule has 0 saturated carbocycles. The summed E-state index contributed by atoms with van der Waals surface area (Å²) in [6.07, 6.45) is -0.245. The van der Waals surface area contributed by atoms with E-state index in [9.17, 15) is 4.79 Å². The molecule has 5 nitrogen and oxygen atoms in total. The number of rotatable bonds is 1. The van der Waals surface area contributed by atoms with E-state index in [0.717, 1.165) is 18.2 Å². The van der Waals surface area contributed by atoms with E-state index < -0.39 is 5.60 Å². The van der Waals surface area contributed by atoms with Crippen molar-refractivity contribution in [3.8, 4) is 0 Å². The van der Waals surface area contributed by atoms with Crippen LogP contribution in [0.4, 0.5) is 9.93 Å². The Bertz CT molecular complexity index is 450. The summed E-state index contributed by atoms with van der Waals surface area (Å²) in [7, 11) is 5.62. The summed E-state index contributed by atoms with van der Waals surface area (Å²) in [5.41, 5.74) is 0.104. The molecule has 1 aromatic heterocycles. The van der Waals surface area contributed by atoms with E-state index in [4.69, 9.17) is 12.6 Å². The fourth-order valence-corrected chi connectivity index (χ4v) is 2.60. The molecule has 1 saturated heterocycles. The van der Waals surface area contributed by atoms with Crippen LogP contribution in [-0.2, 0) is 4.74 Å². The molecule has 2 rings (SSSR count). The van der Waals surface area contributed by atoms with Gasteiger partial charge in [0.15, 0.2) is 5.13 Å². The van der Waals surface area contributed by atoms with Crippen molar-refractivity contribution >= 4 is 36.0 Å². The molecule has 2 heterocycles. The minimum absolute atomic E-state index is 0.245. The average molecular weight is 279 g/mol. The monoisotopic (exact) mass is 279 g/mol. The van der Waals surface area contributed by atoms with Gasteiger partial charge >= 0.3 is 6.09 Å². The molecule has 1 aliphatic rings. The van der Waals surface area contributed by atoms with E-state index in [1.165, 1.54) is 11.3 Å². The Kier molecular flexibility index (Phi) is 4.03. The number of hydrogen-bond acceptors (Lipinski definition) is 5. The predicted molar refractivity (Wildman–Crippen MR) is 77.5 cm³/mol. The molecule has 2 radical (unpaired) electrons. The molecule has 1 aromatic rings. The van der Waals surface area contributed by atoms with Gasteiger partial charge in [-0.25, -0.2) is 9.78 Å². The van der Waals surface area contributed by atoms with Crippen LogP contribution >= 0.6 is 11.3 Å². The second-order valence-corrected chi connectivity index (χ2v) is 6.35. The number of anilines is 1. The molecule has 19 heavy (non-hydrogen) atoms. The molecular weight excluding hydrogens is 261 g/mol. The van der Waals surface area contributed by atoms with E-state index in [2.05, 4.69) is 9.88 Å². The van der Waals surface area contributed by atoms with E-state index in [0.29, 0.717) is 18.7 Å². The number of amides is 1. The molecule has 0 atom stereocenters. The van der Waals surface area contributed by atoms with Crippen molar-refractivity contribution in [2.24, 2.45) is 0 Å². The maximum absolute atomic E-state index is 11.9. The molecular formula is C12H18BN3O2S. The highest BCUT2D eigenvalue weighted by Gasteiger charge is 2.26. The first-order chi connectivity index (χ1) is 8.85. The molecule has 0 aliphatic carbocycles. The van der Waals surface area contributed by atoms with Gasteiger partial charge in [0.05, 0.1) is 0 Å². The van der Waals surface area contributed by atoms with Crippen LogP contribution in [0.25, 0.3) is 0 Å². The SMILES string of the molecule is [B]c1csc(N2CCN(C(=O)OC(C)(C)C)CC2)n1. The molecule has 0 N–H and O–H groups in total. The summed E-state index contributed by atoms with van der Waals surface area (Å²) in [6.45, 7) is 8.43. The van der Waals surface area contributed by atoms with Crippen molar-refractivity contribution < 1.29 is 9.53 Å². The zero-order valence-corrected chi connectivity index (χ0v) is 12.4. The van der Waals surface area contributed by atoms with Crippen LogP contribution in [0, 0.1) is 0 Å². The highest BCUT2D eigenvalue weighted by Crippen LogP contribution is 2.19. The van der Waals surface area contributed by atoms with Crippen LogP contribution < -0.4 is 10.5 Å². The number of nitrogens with zero attached hydrogens (tertiary/aromatic N) is 3. The van der Waals surface area contributed by atoms with Gasteiger partial charge in [0.1, 0.15) is 13.4 Å². The quantitative estimate of drug-likeness (QED) is 0.719. The second-order valence-electron chi connectivity index (χ2n) is 5.51. The van der Waals surface area contributed by atoms with Gasteiger partial charge in [0.25, 0.3) is 0 Å². The fourth-order valence-electron chi connectivity index (χ4n) is 1.83. The van der Waals surface area contributed by atoms with E-state index in [-0.39, 0.29) is 6.09 Å². The lowest BCUT2D eigenvalue weighted by molar-refractivity contribution is 0.0240. The van der Waals surface area contributed by atoms with Gasteiger partial charge in [-0.1, -0.05) is 0 Å². The third-order valence-corrected chi connectivity index (χ3v) is 3.63. The second kappa shape index (κ2) is 5.40. The Morgan fingerprint density at radius 3 is 2.47 bits per heavy atom. The highest BCUT2D eigenvalue weighted by molar-refractivity contribution is 7.14. The smallest absolute Gasteiger partial charge is 0.410 e. The average Bonchev–Trinajstić information content (AvgIpc) is 2.74. The molecule has 0 aromatic carbocycles. The molecule has 1 fully saturated rings. The van der Waals surface area contributed by atoms with Crippen molar-refractivity contribution in [3.05, 3.63) is 5.38 Å². The third kappa shape index (κ3) is 3.86. The maximum atomic E-state index is 11.9. The molecule has 1 amide bonds. The molecule has 0 bridgehead atoms. The van der Waals surface area contributed by atoms with Gasteiger partial charge in [0, 0.05) is 37.2 Å². The zero-order chi connectivity index (χ0) is 14.0. The van der Waals surface area contributed by atoms with Gasteiger partial charge in [-0.2, -0.15) is 0 Å². The van der Waals surface area contributed by atoms with Crippen molar-refractivity contribution in [1.82, 2.24) is 9.88 Å². The first-order valence-electron chi connectivity index (χ1n) is 6.29. The van der Waals surface area contributed by atoms with Gasteiger partial charge in [-0.3, -0.25) is 0 Å². The van der Waals surface area contributed by atoms with Crippen LogP contribution in [0.2, 0.25) is 0 Å². The predicted octanol–water partition coefficient (Wildman–Crippen LogP) is 0.994. The zero-order valence-electron chi connectivity index (χ0n) is 11.5. The normalized spacial score (nSPS) is 16.6. The molecule has 1 aliphatic heterocycles. The lowest BCUT2D eigenvalue weighted by atomic mass is 10.1. The topological polar surface area (TPSA) is 45.7 Å². The summed E-state index contributed by atoms with van der Waals surface area (Å²) < 4.78 is 5.36. The van der Waals surface area contributed by atoms with Crippen LogP contribution in [0.1, 0.15) is 20.8 Å². The Morgan fingerprint density at radius 2 is 2.00 bits per heavy atom. The summed E-state index contributed by atoms with van der Waals surface area (Å²) in [5.74, 6) is 0. The number of thiazole rings is 1. The maximum Gasteiger partial charge on any atom is 0.410 e. The molecule has 0 unspecified atom stereocenters. The van der Waals surface area contributed by atoms with E-state index in [1.54, 1.807) is 4.90 Å². The highest BCUT2D eigenvalue weighted by atomic mass is 32.1. The van der Waals surface area contributed by atoms with Crippen molar-refractivity contribution in [3.63, 3.8) is 0 Å². The molecule has 0 spiro atoms. The lowest BCUT2D eigenvalue weighted by Crippen LogP contribution is -2.50. The van der Waals surface area contributed by atoms with Crippen molar-refractivity contribution in [1.29, 1.82) is 0 Å². The summed E-state index contributed by atoms with van der Waals surface area (Å²) in [5, 5.41) is 2.75. The lowest BCUT2D eigenvalue weighted by Gasteiger charge is -2.35. The minimum Gasteiger partial charge on any atom is -0.444 e. The summed E-state index contributed by atoms with van der Waals surface area (Å²) in [4.78, 5) is 20.0. The summed E-state index contributed by atoms with van der Waals surface area (Å²) >= 11 is 1.53.